The Morgan fingerprint density at radius 3 is 2.77 bits per heavy atom. The Balaban J connectivity index is 1.41. The number of nitrogens with one attached hydrogen (secondary N) is 1. The van der Waals surface area contributed by atoms with Crippen molar-refractivity contribution < 1.29 is 5.11 Å². The van der Waals surface area contributed by atoms with Gasteiger partial charge >= 0.3 is 0 Å². The molecule has 1 aromatic carbocycles. The van der Waals surface area contributed by atoms with Gasteiger partial charge in [0.25, 0.3) is 0 Å². The third-order valence-electron chi connectivity index (χ3n) is 6.93. The van der Waals surface area contributed by atoms with Crippen LogP contribution in [0.4, 0.5) is 5.82 Å². The van der Waals surface area contributed by atoms with Crippen molar-refractivity contribution in [3.63, 3.8) is 0 Å². The summed E-state index contributed by atoms with van der Waals surface area (Å²) in [6.07, 6.45) is 11.7. The standard InChI is InChI=1S/C24H28N6O/c31-18-7-4-10-29(13-18)22-12-20-24(26-14-25-20)23(28-22)16-8-9-21-19(11-16)27-15-30(21)17-5-2-1-3-6-17/h8-9,11-12,14-15,17-18,31H,1-7,10,13H2,(H,25,26). The van der Waals surface area contributed by atoms with Crippen LogP contribution in [0.3, 0.4) is 0 Å². The number of benzene rings is 1. The zero-order valence-corrected chi connectivity index (χ0v) is 17.7. The number of fused-ring (bicyclic) bond motifs is 2. The van der Waals surface area contributed by atoms with E-state index in [0.29, 0.717) is 12.6 Å². The van der Waals surface area contributed by atoms with E-state index in [1.807, 2.05) is 12.4 Å². The first-order chi connectivity index (χ1) is 15.3. The first kappa shape index (κ1) is 18.8. The Morgan fingerprint density at radius 2 is 1.90 bits per heavy atom. The van der Waals surface area contributed by atoms with Gasteiger partial charge < -0.3 is 19.6 Å². The van der Waals surface area contributed by atoms with Gasteiger partial charge in [-0.25, -0.2) is 15.0 Å². The van der Waals surface area contributed by atoms with Crippen LogP contribution in [0.2, 0.25) is 0 Å². The number of H-pyrrole nitrogens is 1. The topological polar surface area (TPSA) is 82.9 Å². The van der Waals surface area contributed by atoms with Gasteiger partial charge in [0.1, 0.15) is 17.0 Å². The van der Waals surface area contributed by atoms with Crippen molar-refractivity contribution in [1.82, 2.24) is 24.5 Å². The smallest absolute Gasteiger partial charge is 0.131 e. The van der Waals surface area contributed by atoms with Crippen LogP contribution in [0.25, 0.3) is 33.3 Å². The molecule has 1 unspecified atom stereocenters. The van der Waals surface area contributed by atoms with Gasteiger partial charge in [0.2, 0.25) is 0 Å². The number of aromatic amines is 1. The van der Waals surface area contributed by atoms with E-state index in [-0.39, 0.29) is 6.10 Å². The lowest BCUT2D eigenvalue weighted by molar-refractivity contribution is 0.154. The van der Waals surface area contributed by atoms with E-state index in [1.165, 1.54) is 37.6 Å². The van der Waals surface area contributed by atoms with Crippen LogP contribution in [-0.2, 0) is 0 Å². The molecule has 2 N–H and O–H groups in total. The maximum absolute atomic E-state index is 10.1. The highest BCUT2D eigenvalue weighted by atomic mass is 16.3. The van der Waals surface area contributed by atoms with Gasteiger partial charge in [0, 0.05) is 30.8 Å². The molecule has 1 saturated carbocycles. The normalized spacial score (nSPS) is 20.7. The highest BCUT2D eigenvalue weighted by Crippen LogP contribution is 2.34. The van der Waals surface area contributed by atoms with Crippen LogP contribution in [0.15, 0.2) is 36.9 Å². The summed E-state index contributed by atoms with van der Waals surface area (Å²) < 4.78 is 2.36. The molecular weight excluding hydrogens is 388 g/mol. The second-order valence-electron chi connectivity index (χ2n) is 9.02. The van der Waals surface area contributed by atoms with Crippen LogP contribution in [-0.4, -0.2) is 48.8 Å². The fourth-order valence-electron chi connectivity index (χ4n) is 5.29. The molecule has 0 spiro atoms. The summed E-state index contributed by atoms with van der Waals surface area (Å²) in [5.41, 5.74) is 5.93. The Bertz CT molecular complexity index is 1220. The first-order valence-corrected chi connectivity index (χ1v) is 11.5. The number of aliphatic hydroxyl groups is 1. The Morgan fingerprint density at radius 1 is 1.00 bits per heavy atom. The Hall–Kier alpha value is -2.93. The van der Waals surface area contributed by atoms with E-state index < -0.39 is 0 Å². The number of pyridine rings is 1. The molecule has 3 aromatic heterocycles. The molecule has 1 aliphatic carbocycles. The lowest BCUT2D eigenvalue weighted by Gasteiger charge is -2.31. The fraction of sp³-hybridized carbons (Fsp3) is 0.458. The van der Waals surface area contributed by atoms with Crippen molar-refractivity contribution >= 4 is 27.9 Å². The van der Waals surface area contributed by atoms with E-state index in [4.69, 9.17) is 9.97 Å². The quantitative estimate of drug-likeness (QED) is 0.516. The minimum absolute atomic E-state index is 0.295. The lowest BCUT2D eigenvalue weighted by Crippen LogP contribution is -2.38. The van der Waals surface area contributed by atoms with Crippen molar-refractivity contribution in [2.24, 2.45) is 0 Å². The van der Waals surface area contributed by atoms with Crippen LogP contribution in [0.5, 0.6) is 0 Å². The number of β-amino-alcohol motifs (C(OH)–C–C–N with tert-alkyl or cyclic N) is 1. The predicted octanol–water partition coefficient (Wildman–Crippen LogP) is 4.44. The van der Waals surface area contributed by atoms with Crippen LogP contribution in [0.1, 0.15) is 51.0 Å². The summed E-state index contributed by atoms with van der Waals surface area (Å²) >= 11 is 0. The second-order valence-corrected chi connectivity index (χ2v) is 9.02. The second kappa shape index (κ2) is 7.64. The number of anilines is 1. The summed E-state index contributed by atoms with van der Waals surface area (Å²) in [6, 6.07) is 9.08. The third-order valence-corrected chi connectivity index (χ3v) is 6.93. The van der Waals surface area contributed by atoms with E-state index in [1.54, 1.807) is 6.33 Å². The molecule has 2 fully saturated rings. The van der Waals surface area contributed by atoms with Crippen LogP contribution < -0.4 is 4.90 Å². The van der Waals surface area contributed by atoms with E-state index in [2.05, 4.69) is 37.6 Å². The van der Waals surface area contributed by atoms with Crippen molar-refractivity contribution in [2.75, 3.05) is 18.0 Å². The van der Waals surface area contributed by atoms with E-state index in [0.717, 1.165) is 53.0 Å². The minimum Gasteiger partial charge on any atom is -0.391 e. The Labute approximate surface area is 181 Å². The molecule has 4 aromatic rings. The first-order valence-electron chi connectivity index (χ1n) is 11.5. The van der Waals surface area contributed by atoms with Gasteiger partial charge in [-0.05, 0) is 37.8 Å². The zero-order chi connectivity index (χ0) is 20.8. The van der Waals surface area contributed by atoms with Crippen molar-refractivity contribution in [2.45, 2.75) is 57.1 Å². The summed E-state index contributed by atoms with van der Waals surface area (Å²) in [6.45, 7) is 1.53. The molecular formula is C24H28N6O. The molecule has 7 nitrogen and oxygen atoms in total. The molecule has 31 heavy (non-hydrogen) atoms. The highest BCUT2D eigenvalue weighted by molar-refractivity contribution is 5.93. The molecule has 1 aliphatic heterocycles. The average molecular weight is 417 g/mol. The van der Waals surface area contributed by atoms with E-state index >= 15 is 0 Å². The van der Waals surface area contributed by atoms with Crippen LogP contribution >= 0.6 is 0 Å². The monoisotopic (exact) mass is 416 g/mol. The van der Waals surface area contributed by atoms with Crippen molar-refractivity contribution in [3.05, 3.63) is 36.9 Å². The minimum atomic E-state index is -0.295. The largest absolute Gasteiger partial charge is 0.391 e. The number of nitrogens with zero attached hydrogens (tertiary/aromatic N) is 5. The predicted molar refractivity (Wildman–Crippen MR) is 122 cm³/mol. The molecule has 1 saturated heterocycles. The zero-order valence-electron chi connectivity index (χ0n) is 17.7. The van der Waals surface area contributed by atoms with Crippen LogP contribution in [0, 0.1) is 0 Å². The van der Waals surface area contributed by atoms with Gasteiger partial charge in [-0.1, -0.05) is 25.3 Å². The maximum atomic E-state index is 10.1. The van der Waals surface area contributed by atoms with Crippen molar-refractivity contribution in [3.8, 4) is 11.3 Å². The molecule has 0 bridgehead atoms. The number of aliphatic hydroxyl groups excluding tert-OH is 1. The number of hydrogen-bond acceptors (Lipinski definition) is 5. The number of hydrogen-bond donors (Lipinski definition) is 2. The highest BCUT2D eigenvalue weighted by Gasteiger charge is 2.22. The van der Waals surface area contributed by atoms with Gasteiger partial charge in [0.05, 0.1) is 35.3 Å². The molecule has 1 atom stereocenters. The van der Waals surface area contributed by atoms with Gasteiger partial charge in [0.15, 0.2) is 0 Å². The molecule has 160 valence electrons. The van der Waals surface area contributed by atoms with Gasteiger partial charge in [-0.15, -0.1) is 0 Å². The molecule has 4 heterocycles. The average Bonchev–Trinajstić information content (AvgIpc) is 3.45. The molecule has 0 radical (unpaired) electrons. The number of imidazole rings is 2. The maximum Gasteiger partial charge on any atom is 0.131 e. The number of aromatic nitrogens is 5. The van der Waals surface area contributed by atoms with Crippen molar-refractivity contribution in [1.29, 1.82) is 0 Å². The Kier molecular flexibility index (Phi) is 4.64. The summed E-state index contributed by atoms with van der Waals surface area (Å²) in [7, 11) is 0. The third kappa shape index (κ3) is 3.37. The summed E-state index contributed by atoms with van der Waals surface area (Å²) in [5, 5.41) is 10.1. The molecule has 7 heteroatoms. The molecule has 6 rings (SSSR count). The number of piperidine rings is 1. The van der Waals surface area contributed by atoms with Gasteiger partial charge in [-0.3, -0.25) is 0 Å². The molecule has 2 aliphatic rings. The summed E-state index contributed by atoms with van der Waals surface area (Å²) in [4.78, 5) is 19.7. The SMILES string of the molecule is OC1CCCN(c2cc3[nH]cnc3c(-c3ccc4c(c3)ncn4C3CCCCC3)n2)C1. The fourth-order valence-corrected chi connectivity index (χ4v) is 5.29. The molecule has 0 amide bonds. The number of rotatable bonds is 3. The van der Waals surface area contributed by atoms with Gasteiger partial charge in [-0.2, -0.15) is 0 Å². The summed E-state index contributed by atoms with van der Waals surface area (Å²) in [5.74, 6) is 0.887. The van der Waals surface area contributed by atoms with E-state index in [9.17, 15) is 5.11 Å². The lowest BCUT2D eigenvalue weighted by atomic mass is 9.95.